The lowest BCUT2D eigenvalue weighted by molar-refractivity contribution is 0.292. The van der Waals surface area contributed by atoms with Crippen LogP contribution in [0.1, 0.15) is 29.9 Å². The van der Waals surface area contributed by atoms with Crippen LogP contribution in [0.15, 0.2) is 18.2 Å². The number of aryl methyl sites for hydroxylation is 1. The van der Waals surface area contributed by atoms with Crippen molar-refractivity contribution < 1.29 is 17.7 Å². The molecule has 0 spiro atoms. The predicted molar refractivity (Wildman–Crippen MR) is 82.5 cm³/mol. The van der Waals surface area contributed by atoms with E-state index in [1.807, 2.05) is 0 Å². The number of ether oxygens (including phenoxy) is 1. The van der Waals surface area contributed by atoms with Crippen LogP contribution in [0.3, 0.4) is 0 Å². The molecule has 0 amide bonds. The molecule has 0 radical (unpaired) electrons. The van der Waals surface area contributed by atoms with E-state index in [1.165, 1.54) is 37.9 Å². The molecule has 21 heavy (non-hydrogen) atoms. The van der Waals surface area contributed by atoms with Gasteiger partial charge in [-0.2, -0.15) is 8.42 Å². The number of methoxy groups -OCH3 is 1. The molecule has 0 saturated carbocycles. The third kappa shape index (κ3) is 4.69. The summed E-state index contributed by atoms with van der Waals surface area (Å²) in [5.74, 6) is 2.65. The summed E-state index contributed by atoms with van der Waals surface area (Å²) in [6.45, 7) is 2.38. The van der Waals surface area contributed by atoms with Crippen molar-refractivity contribution in [3.63, 3.8) is 0 Å². The first-order chi connectivity index (χ1) is 9.88. The van der Waals surface area contributed by atoms with Crippen LogP contribution in [0.2, 0.25) is 0 Å². The van der Waals surface area contributed by atoms with Crippen LogP contribution >= 0.6 is 0 Å². The van der Waals surface area contributed by atoms with Gasteiger partial charge in [-0.25, -0.2) is 0 Å². The molecule has 0 aromatic heterocycles. The normalized spacial score (nSPS) is 24.1. The fourth-order valence-electron chi connectivity index (χ4n) is 3.26. The maximum Gasteiger partial charge on any atom is 0.261 e. The van der Waals surface area contributed by atoms with Crippen molar-refractivity contribution in [3.05, 3.63) is 29.3 Å². The van der Waals surface area contributed by atoms with Gasteiger partial charge in [-0.1, -0.05) is 6.07 Å². The van der Waals surface area contributed by atoms with Gasteiger partial charge in [0.2, 0.25) is 0 Å². The molecule has 1 fully saturated rings. The molecule has 1 saturated heterocycles. The van der Waals surface area contributed by atoms with E-state index < -0.39 is 10.1 Å². The van der Waals surface area contributed by atoms with E-state index >= 15 is 0 Å². The first-order valence-corrected chi connectivity index (χ1v) is 9.03. The Kier molecular flexibility index (Phi) is 5.24. The number of nitrogens with one attached hydrogen (secondary N) is 1. The van der Waals surface area contributed by atoms with Crippen molar-refractivity contribution in [3.8, 4) is 5.75 Å². The fraction of sp³-hybridized carbons (Fsp3) is 0.600. The van der Waals surface area contributed by atoms with Crippen LogP contribution < -0.4 is 10.1 Å². The van der Waals surface area contributed by atoms with E-state index in [-0.39, 0.29) is 0 Å². The summed E-state index contributed by atoms with van der Waals surface area (Å²) < 4.78 is 31.2. The van der Waals surface area contributed by atoms with Crippen LogP contribution in [0.25, 0.3) is 0 Å². The minimum atomic E-state index is -3.67. The average Bonchev–Trinajstić information content (AvgIpc) is 2.44. The average molecular weight is 313 g/mol. The van der Waals surface area contributed by atoms with Gasteiger partial charge < -0.3 is 10.1 Å². The molecular formula is C15H23NO4S. The second kappa shape index (κ2) is 6.77. The molecule has 118 valence electrons. The van der Waals surface area contributed by atoms with E-state index in [1.54, 1.807) is 12.7 Å². The summed E-state index contributed by atoms with van der Waals surface area (Å²) in [6.07, 6.45) is 4.56. The number of piperidine rings is 1. The Bertz CT molecular complexity index is 577. The quantitative estimate of drug-likeness (QED) is 0.774. The van der Waals surface area contributed by atoms with Gasteiger partial charge in [0.25, 0.3) is 10.1 Å². The molecule has 3 rings (SSSR count). The zero-order valence-electron chi connectivity index (χ0n) is 12.5. The molecule has 5 nitrogen and oxygen atoms in total. The standard InChI is InChI=1S/C14H19NO.CH4O3S/c1-16-12-4-5-13-10(8-12)2-3-11-9-15-7-6-14(11)13;1-5(2,3)4/h4-5,8,11,14-15H,2-3,6-7,9H2,1H3;1H3,(H,2,3,4). The minimum absolute atomic E-state index is 0.715. The third-order valence-electron chi connectivity index (χ3n) is 4.14. The summed E-state index contributed by atoms with van der Waals surface area (Å²) in [6, 6.07) is 6.63. The highest BCUT2D eigenvalue weighted by Gasteiger charge is 2.31. The largest absolute Gasteiger partial charge is 0.497 e. The van der Waals surface area contributed by atoms with Crippen molar-refractivity contribution in [1.82, 2.24) is 5.32 Å². The molecule has 2 N–H and O–H groups in total. The Hall–Kier alpha value is -1.11. The highest BCUT2D eigenvalue weighted by atomic mass is 32.2. The van der Waals surface area contributed by atoms with E-state index in [9.17, 15) is 8.42 Å². The SMILES string of the molecule is COc1ccc2c(c1)CCC1CNCCC21.CS(=O)(=O)O. The molecule has 6 heteroatoms. The molecule has 1 aliphatic carbocycles. The predicted octanol–water partition coefficient (Wildman–Crippen LogP) is 1.84. The summed E-state index contributed by atoms with van der Waals surface area (Å²) in [5.41, 5.74) is 3.10. The van der Waals surface area contributed by atoms with Crippen molar-refractivity contribution in [2.45, 2.75) is 25.2 Å². The topological polar surface area (TPSA) is 75.6 Å². The smallest absolute Gasteiger partial charge is 0.261 e. The van der Waals surface area contributed by atoms with Gasteiger partial charge in [-0.05, 0) is 67.4 Å². The van der Waals surface area contributed by atoms with E-state index in [0.717, 1.165) is 17.6 Å². The molecule has 1 heterocycles. The van der Waals surface area contributed by atoms with Crippen LogP contribution in [-0.2, 0) is 16.5 Å². The number of fused-ring (bicyclic) bond motifs is 3. The van der Waals surface area contributed by atoms with Gasteiger partial charge in [0, 0.05) is 0 Å². The maximum absolute atomic E-state index is 9.19. The molecule has 1 aromatic rings. The molecule has 2 aliphatic rings. The Morgan fingerprint density at radius 3 is 2.71 bits per heavy atom. The van der Waals surface area contributed by atoms with Gasteiger partial charge >= 0.3 is 0 Å². The Labute approximate surface area is 126 Å². The lowest BCUT2D eigenvalue weighted by Gasteiger charge is -2.37. The van der Waals surface area contributed by atoms with Crippen LogP contribution in [-0.4, -0.2) is 39.4 Å². The summed E-state index contributed by atoms with van der Waals surface area (Å²) in [5, 5.41) is 3.51. The van der Waals surface area contributed by atoms with Gasteiger partial charge in [-0.3, -0.25) is 4.55 Å². The Morgan fingerprint density at radius 2 is 2.05 bits per heavy atom. The first-order valence-electron chi connectivity index (χ1n) is 7.18. The zero-order valence-corrected chi connectivity index (χ0v) is 13.3. The van der Waals surface area contributed by atoms with Crippen molar-refractivity contribution >= 4 is 10.1 Å². The maximum atomic E-state index is 9.19. The minimum Gasteiger partial charge on any atom is -0.497 e. The Morgan fingerprint density at radius 1 is 1.33 bits per heavy atom. The number of rotatable bonds is 1. The van der Waals surface area contributed by atoms with E-state index in [2.05, 4.69) is 23.5 Å². The molecule has 1 aliphatic heterocycles. The summed E-state index contributed by atoms with van der Waals surface area (Å²) >= 11 is 0. The van der Waals surface area contributed by atoms with Crippen molar-refractivity contribution in [2.75, 3.05) is 26.5 Å². The Balaban J connectivity index is 0.000000282. The first kappa shape index (κ1) is 16.3. The van der Waals surface area contributed by atoms with Gasteiger partial charge in [0.05, 0.1) is 13.4 Å². The van der Waals surface area contributed by atoms with E-state index in [4.69, 9.17) is 9.29 Å². The number of benzene rings is 1. The molecule has 2 atom stereocenters. The summed E-state index contributed by atoms with van der Waals surface area (Å²) in [7, 11) is -1.92. The molecule has 1 aromatic carbocycles. The second-order valence-corrected chi connectivity index (χ2v) is 7.16. The van der Waals surface area contributed by atoms with E-state index in [0.29, 0.717) is 6.26 Å². The van der Waals surface area contributed by atoms with Crippen LogP contribution in [0.4, 0.5) is 0 Å². The zero-order chi connectivity index (χ0) is 15.5. The van der Waals surface area contributed by atoms with Gasteiger partial charge in [0.1, 0.15) is 5.75 Å². The van der Waals surface area contributed by atoms with Crippen molar-refractivity contribution in [1.29, 1.82) is 0 Å². The molecular weight excluding hydrogens is 290 g/mol. The van der Waals surface area contributed by atoms with Crippen molar-refractivity contribution in [2.24, 2.45) is 5.92 Å². The van der Waals surface area contributed by atoms with Crippen LogP contribution in [0, 0.1) is 5.92 Å². The highest BCUT2D eigenvalue weighted by molar-refractivity contribution is 7.85. The lowest BCUT2D eigenvalue weighted by atomic mass is 9.72. The molecule has 2 unspecified atom stereocenters. The lowest BCUT2D eigenvalue weighted by Crippen LogP contribution is -2.37. The monoisotopic (exact) mass is 313 g/mol. The second-order valence-electron chi connectivity index (χ2n) is 5.70. The molecule has 0 bridgehead atoms. The fourth-order valence-corrected chi connectivity index (χ4v) is 3.26. The number of hydrogen-bond acceptors (Lipinski definition) is 4. The van der Waals surface area contributed by atoms with Gasteiger partial charge in [0.15, 0.2) is 0 Å². The third-order valence-corrected chi connectivity index (χ3v) is 4.14. The van der Waals surface area contributed by atoms with Gasteiger partial charge in [-0.15, -0.1) is 0 Å². The highest BCUT2D eigenvalue weighted by Crippen LogP contribution is 2.40. The summed E-state index contributed by atoms with van der Waals surface area (Å²) in [4.78, 5) is 0. The van der Waals surface area contributed by atoms with Crippen LogP contribution in [0.5, 0.6) is 5.75 Å². The number of hydrogen-bond donors (Lipinski definition) is 2.